The van der Waals surface area contributed by atoms with Gasteiger partial charge in [-0.1, -0.05) is 31.9 Å². The van der Waals surface area contributed by atoms with E-state index in [1.54, 1.807) is 0 Å². The Labute approximate surface area is 98.1 Å². The molecule has 2 heteroatoms. The predicted molar refractivity (Wildman–Crippen MR) is 67.1 cm³/mol. The highest BCUT2D eigenvalue weighted by molar-refractivity contribution is 5.39. The van der Waals surface area contributed by atoms with Crippen LogP contribution in [-0.2, 0) is 6.42 Å². The summed E-state index contributed by atoms with van der Waals surface area (Å²) in [5, 5.41) is 8.83. The summed E-state index contributed by atoms with van der Waals surface area (Å²) < 4.78 is 0. The molecule has 86 valence electrons. The zero-order chi connectivity index (χ0) is 12.0. The van der Waals surface area contributed by atoms with Gasteiger partial charge in [0.2, 0.25) is 0 Å². The lowest BCUT2D eigenvalue weighted by Gasteiger charge is -2.11. The minimum atomic E-state index is 0.243. The fourth-order valence-electron chi connectivity index (χ4n) is 1.85. The summed E-state index contributed by atoms with van der Waals surface area (Å²) in [6.07, 6.45) is 4.37. The van der Waals surface area contributed by atoms with Crippen LogP contribution in [0.5, 0.6) is 0 Å². The first-order chi connectivity index (χ1) is 7.67. The number of aryl methyl sites for hydroxylation is 1. The Morgan fingerprint density at radius 3 is 2.75 bits per heavy atom. The molecule has 0 aromatic heterocycles. The second-order valence-corrected chi connectivity index (χ2v) is 4.37. The Bertz CT molecular complexity index is 377. The lowest BCUT2D eigenvalue weighted by atomic mass is 9.98. The van der Waals surface area contributed by atoms with Crippen molar-refractivity contribution in [3.8, 4) is 6.07 Å². The molecule has 0 spiro atoms. The third-order valence-corrected chi connectivity index (χ3v) is 2.84. The van der Waals surface area contributed by atoms with Crippen molar-refractivity contribution in [2.24, 2.45) is 5.73 Å². The molecule has 0 saturated carbocycles. The number of hydrogen-bond donors (Lipinski definition) is 1. The maximum atomic E-state index is 8.83. The number of hydrogen-bond acceptors (Lipinski definition) is 2. The van der Waals surface area contributed by atoms with Crippen LogP contribution in [0.2, 0.25) is 0 Å². The molecule has 1 atom stereocenters. The van der Waals surface area contributed by atoms with Gasteiger partial charge in [0.1, 0.15) is 0 Å². The van der Waals surface area contributed by atoms with Crippen LogP contribution < -0.4 is 5.73 Å². The molecule has 0 aliphatic heterocycles. The molecule has 1 aromatic carbocycles. The van der Waals surface area contributed by atoms with E-state index in [9.17, 15) is 0 Å². The molecule has 0 radical (unpaired) electrons. The summed E-state index contributed by atoms with van der Waals surface area (Å²) in [6, 6.07) is 8.39. The van der Waals surface area contributed by atoms with E-state index >= 15 is 0 Å². The number of nitrogens with zero attached hydrogens (tertiary/aromatic N) is 1. The van der Waals surface area contributed by atoms with E-state index in [4.69, 9.17) is 11.0 Å². The van der Waals surface area contributed by atoms with Gasteiger partial charge in [-0.15, -0.1) is 0 Å². The SMILES string of the molecule is CCCCC(N)Cc1ccc(C#N)c(C)c1. The Kier molecular flexibility index (Phi) is 5.01. The average Bonchev–Trinajstić information content (AvgIpc) is 2.26. The number of rotatable bonds is 5. The van der Waals surface area contributed by atoms with Crippen LogP contribution in [0.1, 0.15) is 42.9 Å². The lowest BCUT2D eigenvalue weighted by Crippen LogP contribution is -2.22. The van der Waals surface area contributed by atoms with Gasteiger partial charge in [-0.3, -0.25) is 0 Å². The first-order valence-corrected chi connectivity index (χ1v) is 5.92. The van der Waals surface area contributed by atoms with Crippen LogP contribution in [-0.4, -0.2) is 6.04 Å². The molecule has 0 aliphatic carbocycles. The summed E-state index contributed by atoms with van der Waals surface area (Å²) >= 11 is 0. The average molecular weight is 216 g/mol. The fourth-order valence-corrected chi connectivity index (χ4v) is 1.85. The van der Waals surface area contributed by atoms with Crippen LogP contribution in [0.4, 0.5) is 0 Å². The number of nitrogens with two attached hydrogens (primary N) is 1. The van der Waals surface area contributed by atoms with E-state index in [2.05, 4.69) is 19.1 Å². The van der Waals surface area contributed by atoms with Crippen LogP contribution >= 0.6 is 0 Å². The number of nitriles is 1. The molecule has 0 amide bonds. The third kappa shape index (κ3) is 3.67. The number of unbranched alkanes of at least 4 members (excludes halogenated alkanes) is 1. The number of benzene rings is 1. The van der Waals surface area contributed by atoms with Crippen molar-refractivity contribution in [3.05, 3.63) is 34.9 Å². The predicted octanol–water partition coefficient (Wildman–Crippen LogP) is 2.93. The first kappa shape index (κ1) is 12.7. The maximum Gasteiger partial charge on any atom is 0.0994 e. The van der Waals surface area contributed by atoms with Gasteiger partial charge in [-0.25, -0.2) is 0 Å². The molecule has 2 nitrogen and oxygen atoms in total. The third-order valence-electron chi connectivity index (χ3n) is 2.84. The molecule has 1 aromatic rings. The van der Waals surface area contributed by atoms with Gasteiger partial charge in [-0.2, -0.15) is 5.26 Å². The second kappa shape index (κ2) is 6.30. The molecule has 0 aliphatic rings. The second-order valence-electron chi connectivity index (χ2n) is 4.37. The maximum absolute atomic E-state index is 8.83. The van der Waals surface area contributed by atoms with E-state index in [1.807, 2.05) is 19.1 Å². The molecule has 1 rings (SSSR count). The molecule has 0 saturated heterocycles. The smallest absolute Gasteiger partial charge is 0.0994 e. The van der Waals surface area contributed by atoms with Crippen molar-refractivity contribution < 1.29 is 0 Å². The van der Waals surface area contributed by atoms with Crippen LogP contribution in [0.25, 0.3) is 0 Å². The highest BCUT2D eigenvalue weighted by atomic mass is 14.6. The summed E-state index contributed by atoms with van der Waals surface area (Å²) in [5.74, 6) is 0. The summed E-state index contributed by atoms with van der Waals surface area (Å²) in [7, 11) is 0. The van der Waals surface area contributed by atoms with E-state index < -0.39 is 0 Å². The molecule has 1 unspecified atom stereocenters. The first-order valence-electron chi connectivity index (χ1n) is 5.92. The summed E-state index contributed by atoms with van der Waals surface area (Å²) in [6.45, 7) is 4.15. The molecule has 0 heterocycles. The topological polar surface area (TPSA) is 49.8 Å². The molecular weight excluding hydrogens is 196 g/mol. The van der Waals surface area contributed by atoms with Crippen LogP contribution in [0.15, 0.2) is 18.2 Å². The Morgan fingerprint density at radius 2 is 2.19 bits per heavy atom. The van der Waals surface area contributed by atoms with Gasteiger partial charge < -0.3 is 5.73 Å². The van der Waals surface area contributed by atoms with Crippen molar-refractivity contribution in [3.63, 3.8) is 0 Å². The summed E-state index contributed by atoms with van der Waals surface area (Å²) in [5.41, 5.74) is 9.08. The van der Waals surface area contributed by atoms with Gasteiger partial charge in [-0.05, 0) is 37.0 Å². The van der Waals surface area contributed by atoms with E-state index in [0.717, 1.165) is 24.0 Å². The summed E-state index contributed by atoms with van der Waals surface area (Å²) in [4.78, 5) is 0. The normalized spacial score (nSPS) is 12.1. The van der Waals surface area contributed by atoms with Crippen molar-refractivity contribution in [2.45, 2.75) is 45.6 Å². The monoisotopic (exact) mass is 216 g/mol. The van der Waals surface area contributed by atoms with Gasteiger partial charge in [0.25, 0.3) is 0 Å². The van der Waals surface area contributed by atoms with Crippen LogP contribution in [0.3, 0.4) is 0 Å². The standard InChI is InChI=1S/C14H20N2/c1-3-4-5-14(16)9-12-6-7-13(10-15)11(2)8-12/h6-8,14H,3-5,9,16H2,1-2H3. The Hall–Kier alpha value is -1.33. The Balaban J connectivity index is 2.61. The minimum absolute atomic E-state index is 0.243. The van der Waals surface area contributed by atoms with Crippen molar-refractivity contribution in [1.29, 1.82) is 5.26 Å². The minimum Gasteiger partial charge on any atom is -0.327 e. The van der Waals surface area contributed by atoms with Crippen molar-refractivity contribution in [1.82, 2.24) is 0 Å². The zero-order valence-corrected chi connectivity index (χ0v) is 10.2. The van der Waals surface area contributed by atoms with Gasteiger partial charge in [0.15, 0.2) is 0 Å². The quantitative estimate of drug-likeness (QED) is 0.822. The zero-order valence-electron chi connectivity index (χ0n) is 10.2. The molecule has 2 N–H and O–H groups in total. The highest BCUT2D eigenvalue weighted by Gasteiger charge is 2.05. The lowest BCUT2D eigenvalue weighted by molar-refractivity contribution is 0.574. The molecule has 16 heavy (non-hydrogen) atoms. The van der Waals surface area contributed by atoms with Gasteiger partial charge >= 0.3 is 0 Å². The molecule has 0 fully saturated rings. The van der Waals surface area contributed by atoms with Crippen molar-refractivity contribution in [2.75, 3.05) is 0 Å². The van der Waals surface area contributed by atoms with Gasteiger partial charge in [0, 0.05) is 6.04 Å². The largest absolute Gasteiger partial charge is 0.327 e. The van der Waals surface area contributed by atoms with E-state index in [0.29, 0.717) is 0 Å². The van der Waals surface area contributed by atoms with E-state index in [-0.39, 0.29) is 6.04 Å². The molecular formula is C14H20N2. The van der Waals surface area contributed by atoms with Gasteiger partial charge in [0.05, 0.1) is 11.6 Å². The van der Waals surface area contributed by atoms with Crippen molar-refractivity contribution >= 4 is 0 Å². The fraction of sp³-hybridized carbons (Fsp3) is 0.500. The molecule has 0 bridgehead atoms. The Morgan fingerprint density at radius 1 is 1.44 bits per heavy atom. The van der Waals surface area contributed by atoms with Crippen LogP contribution in [0, 0.1) is 18.3 Å². The van der Waals surface area contributed by atoms with E-state index in [1.165, 1.54) is 18.4 Å². The highest BCUT2D eigenvalue weighted by Crippen LogP contribution is 2.13.